The van der Waals surface area contributed by atoms with Gasteiger partial charge in [-0.25, -0.2) is 0 Å². The second-order valence-corrected chi connectivity index (χ2v) is 7.79. The van der Waals surface area contributed by atoms with Crippen LogP contribution < -0.4 is 10.1 Å². The molecule has 1 aliphatic heterocycles. The molecule has 1 atom stereocenters. The molecule has 146 valence electrons. The van der Waals surface area contributed by atoms with Crippen molar-refractivity contribution in [3.63, 3.8) is 0 Å². The number of rotatable bonds is 7. The van der Waals surface area contributed by atoms with Gasteiger partial charge >= 0.3 is 0 Å². The molecular weight excluding hydrogens is 324 g/mol. The van der Waals surface area contributed by atoms with E-state index in [4.69, 9.17) is 4.74 Å². The number of ether oxygens (including phenoxy) is 1. The Morgan fingerprint density at radius 3 is 2.42 bits per heavy atom. The maximum absolute atomic E-state index is 6.10. The summed E-state index contributed by atoms with van der Waals surface area (Å²) in [5.41, 5.74) is 0. The Morgan fingerprint density at radius 2 is 1.88 bits per heavy atom. The smallest absolute Gasteiger partial charge is 0.193 e. The highest BCUT2D eigenvalue weighted by molar-refractivity contribution is 5.80. The Kier molecular flexibility index (Phi) is 8.23. The van der Waals surface area contributed by atoms with Crippen LogP contribution in [0, 0.1) is 5.92 Å². The molecule has 5 nitrogen and oxygen atoms in total. The second-order valence-electron chi connectivity index (χ2n) is 7.79. The molecular formula is C21H36N4O. The van der Waals surface area contributed by atoms with Crippen molar-refractivity contribution in [2.75, 3.05) is 40.8 Å². The highest BCUT2D eigenvalue weighted by atomic mass is 16.5. The van der Waals surface area contributed by atoms with Crippen LogP contribution in [-0.2, 0) is 0 Å². The van der Waals surface area contributed by atoms with Gasteiger partial charge in [-0.3, -0.25) is 4.99 Å². The van der Waals surface area contributed by atoms with E-state index in [9.17, 15) is 0 Å². The van der Waals surface area contributed by atoms with Crippen molar-refractivity contribution in [1.29, 1.82) is 0 Å². The van der Waals surface area contributed by atoms with Gasteiger partial charge in [0.2, 0.25) is 0 Å². The standard InChI is InChI=1S/C21H36N4O/c1-17(2)15-18(24(4)5)16-23-21(22-3)25-13-11-20(12-14-25)26-19-9-7-6-8-10-19/h6-10,17-18,20H,11-16H2,1-5H3,(H,22,23). The largest absolute Gasteiger partial charge is 0.490 e. The fraction of sp³-hybridized carbons (Fsp3) is 0.667. The van der Waals surface area contributed by atoms with Crippen LogP contribution in [0.2, 0.25) is 0 Å². The van der Waals surface area contributed by atoms with Crippen molar-refractivity contribution in [3.05, 3.63) is 30.3 Å². The molecule has 1 fully saturated rings. The quantitative estimate of drug-likeness (QED) is 0.599. The van der Waals surface area contributed by atoms with Crippen LogP contribution in [0.5, 0.6) is 5.75 Å². The first-order valence-corrected chi connectivity index (χ1v) is 9.83. The summed E-state index contributed by atoms with van der Waals surface area (Å²) in [6.45, 7) is 7.45. The summed E-state index contributed by atoms with van der Waals surface area (Å²) in [6.07, 6.45) is 3.53. The third-order valence-electron chi connectivity index (χ3n) is 4.97. The van der Waals surface area contributed by atoms with Crippen molar-refractivity contribution in [1.82, 2.24) is 15.1 Å². The van der Waals surface area contributed by atoms with Gasteiger partial charge < -0.3 is 19.9 Å². The molecule has 0 aliphatic carbocycles. The number of guanidine groups is 1. The van der Waals surface area contributed by atoms with Crippen molar-refractivity contribution in [2.24, 2.45) is 10.9 Å². The number of likely N-dealkylation sites (N-methyl/N-ethyl adjacent to an activating group) is 1. The molecule has 0 bridgehead atoms. The molecule has 1 N–H and O–H groups in total. The molecule has 1 aromatic carbocycles. The maximum Gasteiger partial charge on any atom is 0.193 e. The van der Waals surface area contributed by atoms with E-state index in [0.29, 0.717) is 18.1 Å². The number of hydrogen-bond acceptors (Lipinski definition) is 3. The van der Waals surface area contributed by atoms with E-state index in [1.54, 1.807) is 0 Å². The van der Waals surface area contributed by atoms with E-state index in [1.807, 2.05) is 37.4 Å². The summed E-state index contributed by atoms with van der Waals surface area (Å²) in [5.74, 6) is 2.67. The minimum atomic E-state index is 0.294. The molecule has 0 saturated carbocycles. The molecule has 0 spiro atoms. The van der Waals surface area contributed by atoms with Crippen LogP contribution in [0.15, 0.2) is 35.3 Å². The van der Waals surface area contributed by atoms with Crippen LogP contribution in [0.1, 0.15) is 33.1 Å². The summed E-state index contributed by atoms with van der Waals surface area (Å²) < 4.78 is 6.10. The SMILES string of the molecule is CN=C(NCC(CC(C)C)N(C)C)N1CCC(Oc2ccccc2)CC1. The molecule has 1 saturated heterocycles. The van der Waals surface area contributed by atoms with E-state index in [2.05, 4.69) is 48.1 Å². The molecule has 5 heteroatoms. The number of hydrogen-bond donors (Lipinski definition) is 1. The number of piperidine rings is 1. The Hall–Kier alpha value is -1.75. The number of likely N-dealkylation sites (tertiary alicyclic amines) is 1. The molecule has 2 rings (SSSR count). The van der Waals surface area contributed by atoms with Gasteiger partial charge in [0, 0.05) is 45.6 Å². The topological polar surface area (TPSA) is 40.1 Å². The number of aliphatic imine (C=N–C) groups is 1. The predicted molar refractivity (Wildman–Crippen MR) is 110 cm³/mol. The monoisotopic (exact) mass is 360 g/mol. The van der Waals surface area contributed by atoms with Gasteiger partial charge in [-0.2, -0.15) is 0 Å². The highest BCUT2D eigenvalue weighted by Crippen LogP contribution is 2.18. The number of para-hydroxylation sites is 1. The Balaban J connectivity index is 1.80. The van der Waals surface area contributed by atoms with Crippen LogP contribution in [0.3, 0.4) is 0 Å². The molecule has 1 aliphatic rings. The lowest BCUT2D eigenvalue weighted by molar-refractivity contribution is 0.129. The first-order chi connectivity index (χ1) is 12.5. The minimum absolute atomic E-state index is 0.294. The van der Waals surface area contributed by atoms with E-state index in [0.717, 1.165) is 44.2 Å². The Bertz CT molecular complexity index is 536. The van der Waals surface area contributed by atoms with Gasteiger partial charge in [0.1, 0.15) is 11.9 Å². The Morgan fingerprint density at radius 1 is 1.23 bits per heavy atom. The normalized spacial score (nSPS) is 17.7. The van der Waals surface area contributed by atoms with Crippen LogP contribution >= 0.6 is 0 Å². The molecule has 0 amide bonds. The minimum Gasteiger partial charge on any atom is -0.490 e. The van der Waals surface area contributed by atoms with Crippen molar-refractivity contribution < 1.29 is 4.74 Å². The summed E-state index contributed by atoms with van der Waals surface area (Å²) in [5, 5.41) is 3.58. The first kappa shape index (κ1) is 20.6. The molecule has 26 heavy (non-hydrogen) atoms. The van der Waals surface area contributed by atoms with Gasteiger partial charge in [0.25, 0.3) is 0 Å². The van der Waals surface area contributed by atoms with Crippen molar-refractivity contribution in [3.8, 4) is 5.75 Å². The van der Waals surface area contributed by atoms with E-state index < -0.39 is 0 Å². The zero-order valence-electron chi connectivity index (χ0n) is 17.1. The zero-order chi connectivity index (χ0) is 18.9. The number of nitrogens with one attached hydrogen (secondary N) is 1. The van der Waals surface area contributed by atoms with E-state index >= 15 is 0 Å². The summed E-state index contributed by atoms with van der Waals surface area (Å²) in [7, 11) is 6.19. The average Bonchev–Trinajstić information content (AvgIpc) is 2.63. The summed E-state index contributed by atoms with van der Waals surface area (Å²) in [6, 6.07) is 10.6. The highest BCUT2D eigenvalue weighted by Gasteiger charge is 2.23. The molecule has 1 aromatic rings. The second kappa shape index (κ2) is 10.4. The average molecular weight is 361 g/mol. The van der Waals surface area contributed by atoms with Crippen LogP contribution in [0.4, 0.5) is 0 Å². The van der Waals surface area contributed by atoms with E-state index in [-0.39, 0.29) is 0 Å². The van der Waals surface area contributed by atoms with Crippen molar-refractivity contribution >= 4 is 5.96 Å². The summed E-state index contributed by atoms with van der Waals surface area (Å²) in [4.78, 5) is 9.16. The molecule has 1 unspecified atom stereocenters. The lowest BCUT2D eigenvalue weighted by Gasteiger charge is -2.35. The fourth-order valence-corrected chi connectivity index (χ4v) is 3.44. The third kappa shape index (κ3) is 6.52. The summed E-state index contributed by atoms with van der Waals surface area (Å²) >= 11 is 0. The van der Waals surface area contributed by atoms with Crippen molar-refractivity contribution in [2.45, 2.75) is 45.3 Å². The number of nitrogens with zero attached hydrogens (tertiary/aromatic N) is 3. The van der Waals surface area contributed by atoms with Gasteiger partial charge in [-0.05, 0) is 38.6 Å². The fourth-order valence-electron chi connectivity index (χ4n) is 3.44. The zero-order valence-corrected chi connectivity index (χ0v) is 17.1. The molecule has 1 heterocycles. The van der Waals surface area contributed by atoms with E-state index in [1.165, 1.54) is 6.42 Å². The van der Waals surface area contributed by atoms with Crippen LogP contribution in [0.25, 0.3) is 0 Å². The lowest BCUT2D eigenvalue weighted by atomic mass is 10.0. The Labute approximate surface area is 159 Å². The lowest BCUT2D eigenvalue weighted by Crippen LogP contribution is -2.50. The van der Waals surface area contributed by atoms with Gasteiger partial charge in [-0.15, -0.1) is 0 Å². The van der Waals surface area contributed by atoms with Gasteiger partial charge in [-0.1, -0.05) is 32.0 Å². The molecule has 0 radical (unpaired) electrons. The molecule has 0 aromatic heterocycles. The van der Waals surface area contributed by atoms with Gasteiger partial charge in [0.05, 0.1) is 0 Å². The van der Waals surface area contributed by atoms with Crippen LogP contribution in [-0.4, -0.2) is 68.7 Å². The van der Waals surface area contributed by atoms with Gasteiger partial charge in [0.15, 0.2) is 5.96 Å². The predicted octanol–water partition coefficient (Wildman–Crippen LogP) is 3.08. The number of benzene rings is 1. The first-order valence-electron chi connectivity index (χ1n) is 9.83. The maximum atomic E-state index is 6.10. The third-order valence-corrected chi connectivity index (χ3v) is 4.97.